The molecule has 0 bridgehead atoms. The predicted octanol–water partition coefficient (Wildman–Crippen LogP) is -0.356. The zero-order valence-corrected chi connectivity index (χ0v) is 13.4. The summed E-state index contributed by atoms with van der Waals surface area (Å²) in [6, 6.07) is 0. The van der Waals surface area contributed by atoms with Crippen LogP contribution in [-0.4, -0.2) is 51.4 Å². The molecular formula is C13H21N3O5S. The van der Waals surface area contributed by atoms with E-state index in [0.29, 0.717) is 12.1 Å². The van der Waals surface area contributed by atoms with Gasteiger partial charge in [0.2, 0.25) is 0 Å². The van der Waals surface area contributed by atoms with E-state index in [2.05, 4.69) is 4.72 Å². The lowest BCUT2D eigenvalue weighted by Crippen LogP contribution is -2.42. The lowest BCUT2D eigenvalue weighted by atomic mass is 10.2. The topological polar surface area (TPSA) is 105 Å². The van der Waals surface area contributed by atoms with Gasteiger partial charge in [-0.05, 0) is 19.3 Å². The first kappa shape index (κ1) is 16.8. The Morgan fingerprint density at radius 1 is 1.32 bits per heavy atom. The molecule has 0 unspecified atom stereocenters. The Morgan fingerprint density at radius 2 is 2.00 bits per heavy atom. The molecule has 0 saturated carbocycles. The van der Waals surface area contributed by atoms with Crippen molar-refractivity contribution in [3.63, 3.8) is 0 Å². The summed E-state index contributed by atoms with van der Waals surface area (Å²) in [5.41, 5.74) is 0.270. The summed E-state index contributed by atoms with van der Waals surface area (Å²) in [6.07, 6.45) is 3.44. The predicted molar refractivity (Wildman–Crippen MR) is 78.8 cm³/mol. The standard InChI is InChI=1S/C13H21N3O5S/c1-2-3-6-14-22(19,20)15-12(17)11-10(9-21-13(11)18)16-7-4-5-8-16/h14H,2-9H2,1H3,(H,15,17). The summed E-state index contributed by atoms with van der Waals surface area (Å²) < 4.78 is 32.6. The van der Waals surface area contributed by atoms with Gasteiger partial charge in [-0.25, -0.2) is 9.52 Å². The Morgan fingerprint density at radius 3 is 2.64 bits per heavy atom. The van der Waals surface area contributed by atoms with E-state index in [-0.39, 0.29) is 18.7 Å². The maximum absolute atomic E-state index is 12.2. The zero-order chi connectivity index (χ0) is 16.2. The number of amides is 1. The number of nitrogens with zero attached hydrogens (tertiary/aromatic N) is 1. The van der Waals surface area contributed by atoms with Gasteiger partial charge in [-0.1, -0.05) is 13.3 Å². The number of esters is 1. The van der Waals surface area contributed by atoms with Crippen LogP contribution in [0.5, 0.6) is 0 Å². The third kappa shape index (κ3) is 3.98. The maximum atomic E-state index is 12.2. The largest absolute Gasteiger partial charge is 0.455 e. The number of likely N-dealkylation sites (tertiary alicyclic amines) is 1. The quantitative estimate of drug-likeness (QED) is 0.375. The van der Waals surface area contributed by atoms with Gasteiger partial charge in [0.15, 0.2) is 0 Å². The van der Waals surface area contributed by atoms with Gasteiger partial charge < -0.3 is 9.64 Å². The molecule has 0 spiro atoms. The van der Waals surface area contributed by atoms with E-state index in [1.807, 2.05) is 16.5 Å². The van der Waals surface area contributed by atoms with Gasteiger partial charge in [-0.15, -0.1) is 0 Å². The number of hydrogen-bond acceptors (Lipinski definition) is 6. The van der Waals surface area contributed by atoms with Crippen molar-refractivity contribution in [3.05, 3.63) is 11.3 Å². The van der Waals surface area contributed by atoms with Gasteiger partial charge >= 0.3 is 16.2 Å². The Kier molecular flexibility index (Phi) is 5.41. The van der Waals surface area contributed by atoms with Crippen LogP contribution in [0.1, 0.15) is 32.6 Å². The summed E-state index contributed by atoms with van der Waals surface area (Å²) >= 11 is 0. The first-order valence-electron chi connectivity index (χ1n) is 7.41. The monoisotopic (exact) mass is 331 g/mol. The molecule has 2 N–H and O–H groups in total. The van der Waals surface area contributed by atoms with Gasteiger partial charge in [0.25, 0.3) is 5.91 Å². The SMILES string of the molecule is CCCCNS(=O)(=O)NC(=O)C1=C(N2CCCC2)COC1=O. The Bertz CT molecular complexity index is 578. The second-order valence-corrected chi connectivity index (χ2v) is 6.77. The van der Waals surface area contributed by atoms with Crippen LogP contribution in [0.25, 0.3) is 0 Å². The number of unbranched alkanes of at least 4 members (excludes halogenated alkanes) is 1. The van der Waals surface area contributed by atoms with E-state index < -0.39 is 22.1 Å². The van der Waals surface area contributed by atoms with E-state index in [4.69, 9.17) is 4.74 Å². The molecule has 1 amide bonds. The van der Waals surface area contributed by atoms with Gasteiger partial charge in [-0.3, -0.25) is 4.79 Å². The second kappa shape index (κ2) is 7.10. The summed E-state index contributed by atoms with van der Waals surface area (Å²) in [4.78, 5) is 25.8. The zero-order valence-electron chi connectivity index (χ0n) is 12.6. The van der Waals surface area contributed by atoms with Crippen LogP contribution in [0.4, 0.5) is 0 Å². The van der Waals surface area contributed by atoms with Crippen LogP contribution in [0, 0.1) is 0 Å². The van der Waals surface area contributed by atoms with E-state index in [1.165, 1.54) is 0 Å². The normalized spacial score (nSPS) is 18.8. The van der Waals surface area contributed by atoms with Gasteiger partial charge in [0.1, 0.15) is 12.2 Å². The molecule has 2 heterocycles. The van der Waals surface area contributed by atoms with Crippen LogP contribution in [0.15, 0.2) is 11.3 Å². The number of carbonyl (C=O) groups is 2. The van der Waals surface area contributed by atoms with Crippen molar-refractivity contribution < 1.29 is 22.7 Å². The molecule has 8 nitrogen and oxygen atoms in total. The van der Waals surface area contributed by atoms with Gasteiger partial charge in [0.05, 0.1) is 5.70 Å². The fourth-order valence-corrected chi connectivity index (χ4v) is 3.28. The Balaban J connectivity index is 2.09. The molecular weight excluding hydrogens is 310 g/mol. The molecule has 0 aliphatic carbocycles. The van der Waals surface area contributed by atoms with Crippen LogP contribution < -0.4 is 9.44 Å². The smallest absolute Gasteiger partial charge is 0.346 e. The fourth-order valence-electron chi connectivity index (χ4n) is 2.45. The molecule has 2 aliphatic heterocycles. The average molecular weight is 331 g/mol. The maximum Gasteiger partial charge on any atom is 0.346 e. The number of carbonyl (C=O) groups excluding carboxylic acids is 2. The lowest BCUT2D eigenvalue weighted by molar-refractivity contribution is -0.137. The molecule has 124 valence electrons. The van der Waals surface area contributed by atoms with E-state index in [1.54, 1.807) is 0 Å². The van der Waals surface area contributed by atoms with Gasteiger partial charge in [-0.2, -0.15) is 13.1 Å². The molecule has 22 heavy (non-hydrogen) atoms. The van der Waals surface area contributed by atoms with Crippen molar-refractivity contribution >= 4 is 22.1 Å². The third-order valence-electron chi connectivity index (χ3n) is 3.60. The number of ether oxygens (including phenoxy) is 1. The Labute approximate surface area is 130 Å². The fraction of sp³-hybridized carbons (Fsp3) is 0.692. The molecule has 0 aromatic carbocycles. The second-order valence-electron chi connectivity index (χ2n) is 5.27. The van der Waals surface area contributed by atoms with E-state index in [9.17, 15) is 18.0 Å². The summed E-state index contributed by atoms with van der Waals surface area (Å²) in [6.45, 7) is 3.66. The molecule has 0 aromatic heterocycles. The minimum Gasteiger partial charge on any atom is -0.455 e. The number of nitrogens with one attached hydrogen (secondary N) is 2. The van der Waals surface area contributed by atoms with Crippen molar-refractivity contribution in [2.75, 3.05) is 26.2 Å². The average Bonchev–Trinajstić information content (AvgIpc) is 3.06. The summed E-state index contributed by atoms with van der Waals surface area (Å²) in [5, 5.41) is 0. The lowest BCUT2D eigenvalue weighted by Gasteiger charge is -2.18. The van der Waals surface area contributed by atoms with Crippen molar-refractivity contribution in [2.24, 2.45) is 0 Å². The number of hydrogen-bond donors (Lipinski definition) is 2. The van der Waals surface area contributed by atoms with E-state index >= 15 is 0 Å². The van der Waals surface area contributed by atoms with Crippen molar-refractivity contribution in [3.8, 4) is 0 Å². The molecule has 0 radical (unpaired) electrons. The van der Waals surface area contributed by atoms with Crippen LogP contribution in [-0.2, 0) is 24.5 Å². The minimum atomic E-state index is -3.97. The first-order valence-corrected chi connectivity index (χ1v) is 8.90. The molecule has 2 aliphatic rings. The van der Waals surface area contributed by atoms with Crippen molar-refractivity contribution in [1.29, 1.82) is 0 Å². The van der Waals surface area contributed by atoms with E-state index in [0.717, 1.165) is 32.4 Å². The number of rotatable bonds is 7. The third-order valence-corrected chi connectivity index (χ3v) is 4.64. The molecule has 2 rings (SSSR count). The molecule has 9 heteroatoms. The number of cyclic esters (lactones) is 1. The minimum absolute atomic E-state index is 0.0187. The highest BCUT2D eigenvalue weighted by Crippen LogP contribution is 2.24. The molecule has 1 fully saturated rings. The van der Waals surface area contributed by atoms with Crippen LogP contribution >= 0.6 is 0 Å². The van der Waals surface area contributed by atoms with Gasteiger partial charge in [0, 0.05) is 19.6 Å². The molecule has 1 saturated heterocycles. The summed E-state index contributed by atoms with van der Waals surface area (Å²) in [7, 11) is -3.97. The van der Waals surface area contributed by atoms with Crippen molar-refractivity contribution in [2.45, 2.75) is 32.6 Å². The highest BCUT2D eigenvalue weighted by molar-refractivity contribution is 7.88. The van der Waals surface area contributed by atoms with Crippen LogP contribution in [0.3, 0.4) is 0 Å². The molecule has 0 aromatic rings. The highest BCUT2D eigenvalue weighted by Gasteiger charge is 2.36. The molecule has 0 atom stereocenters. The first-order chi connectivity index (χ1) is 10.4. The van der Waals surface area contributed by atoms with Crippen LogP contribution in [0.2, 0.25) is 0 Å². The summed E-state index contributed by atoms with van der Waals surface area (Å²) in [5.74, 6) is -1.71. The Hall–Kier alpha value is -1.61. The highest BCUT2D eigenvalue weighted by atomic mass is 32.2. The van der Waals surface area contributed by atoms with Crippen molar-refractivity contribution in [1.82, 2.24) is 14.3 Å².